The van der Waals surface area contributed by atoms with Crippen LogP contribution in [0.4, 0.5) is 0 Å². The smallest absolute Gasteiger partial charge is 0.191 e. The minimum absolute atomic E-state index is 0.563. The SMILES string of the molecule is CCOc1ccc(CCNC(=NC)NCc2nncn2C)cc1OCC. The second-order valence-electron chi connectivity index (χ2n) is 5.61. The summed E-state index contributed by atoms with van der Waals surface area (Å²) in [5, 5.41) is 14.4. The maximum Gasteiger partial charge on any atom is 0.191 e. The first kappa shape index (κ1) is 19.6. The van der Waals surface area contributed by atoms with E-state index < -0.39 is 0 Å². The molecule has 142 valence electrons. The van der Waals surface area contributed by atoms with E-state index in [2.05, 4.69) is 31.9 Å². The van der Waals surface area contributed by atoms with Crippen LogP contribution in [0, 0.1) is 0 Å². The summed E-state index contributed by atoms with van der Waals surface area (Å²) in [5.74, 6) is 3.15. The van der Waals surface area contributed by atoms with Crippen molar-refractivity contribution in [3.05, 3.63) is 35.9 Å². The highest BCUT2D eigenvalue weighted by atomic mass is 16.5. The maximum atomic E-state index is 5.67. The van der Waals surface area contributed by atoms with Crippen LogP contribution in [-0.4, -0.2) is 47.5 Å². The highest BCUT2D eigenvalue weighted by Crippen LogP contribution is 2.28. The number of aryl methyl sites for hydroxylation is 1. The maximum absolute atomic E-state index is 5.67. The van der Waals surface area contributed by atoms with Gasteiger partial charge in [-0.1, -0.05) is 6.07 Å². The third-order valence-electron chi connectivity index (χ3n) is 3.76. The van der Waals surface area contributed by atoms with E-state index in [0.717, 1.165) is 36.2 Å². The van der Waals surface area contributed by atoms with Gasteiger partial charge in [0, 0.05) is 20.6 Å². The standard InChI is InChI=1S/C18H28N6O2/c1-5-25-15-8-7-14(11-16(15)26-6-2)9-10-20-18(19-3)21-12-17-23-22-13-24(17)4/h7-8,11,13H,5-6,9-10,12H2,1-4H3,(H2,19,20,21). The highest BCUT2D eigenvalue weighted by Gasteiger charge is 2.07. The monoisotopic (exact) mass is 360 g/mol. The van der Waals surface area contributed by atoms with Crippen LogP contribution in [0.25, 0.3) is 0 Å². The third-order valence-corrected chi connectivity index (χ3v) is 3.76. The molecule has 26 heavy (non-hydrogen) atoms. The van der Waals surface area contributed by atoms with Crippen molar-refractivity contribution in [2.45, 2.75) is 26.8 Å². The molecule has 8 heteroatoms. The lowest BCUT2D eigenvalue weighted by molar-refractivity contribution is 0.287. The fourth-order valence-corrected chi connectivity index (χ4v) is 2.43. The van der Waals surface area contributed by atoms with Crippen LogP contribution in [-0.2, 0) is 20.0 Å². The first-order valence-electron chi connectivity index (χ1n) is 8.83. The summed E-state index contributed by atoms with van der Waals surface area (Å²) in [4.78, 5) is 4.23. The van der Waals surface area contributed by atoms with Gasteiger partial charge in [-0.2, -0.15) is 0 Å². The number of aromatic nitrogens is 3. The van der Waals surface area contributed by atoms with E-state index >= 15 is 0 Å². The summed E-state index contributed by atoms with van der Waals surface area (Å²) < 4.78 is 13.1. The van der Waals surface area contributed by atoms with Gasteiger partial charge < -0.3 is 24.7 Å². The number of benzene rings is 1. The predicted molar refractivity (Wildman–Crippen MR) is 102 cm³/mol. The lowest BCUT2D eigenvalue weighted by Crippen LogP contribution is -2.38. The molecule has 0 unspecified atom stereocenters. The summed E-state index contributed by atoms with van der Waals surface area (Å²) in [6.45, 7) is 6.48. The van der Waals surface area contributed by atoms with Crippen LogP contribution in [0.15, 0.2) is 29.5 Å². The predicted octanol–water partition coefficient (Wildman–Crippen LogP) is 1.52. The number of ether oxygens (including phenoxy) is 2. The zero-order valence-electron chi connectivity index (χ0n) is 16.0. The molecule has 0 bridgehead atoms. The van der Waals surface area contributed by atoms with Gasteiger partial charge in [-0.15, -0.1) is 10.2 Å². The van der Waals surface area contributed by atoms with Gasteiger partial charge in [0.05, 0.1) is 19.8 Å². The van der Waals surface area contributed by atoms with E-state index in [0.29, 0.717) is 19.8 Å². The first-order valence-corrected chi connectivity index (χ1v) is 8.83. The summed E-state index contributed by atoms with van der Waals surface area (Å²) in [6.07, 6.45) is 2.52. The van der Waals surface area contributed by atoms with Crippen molar-refractivity contribution in [2.24, 2.45) is 12.0 Å². The molecular weight excluding hydrogens is 332 g/mol. The number of rotatable bonds is 9. The van der Waals surface area contributed by atoms with E-state index in [1.165, 1.54) is 5.56 Å². The number of guanidine groups is 1. The van der Waals surface area contributed by atoms with Crippen molar-refractivity contribution in [1.82, 2.24) is 25.4 Å². The fraction of sp³-hybridized carbons (Fsp3) is 0.500. The van der Waals surface area contributed by atoms with E-state index in [1.54, 1.807) is 13.4 Å². The Labute approximate surface area is 154 Å². The Bertz CT molecular complexity index is 713. The number of nitrogens with one attached hydrogen (secondary N) is 2. The molecule has 0 aliphatic carbocycles. The summed E-state index contributed by atoms with van der Waals surface area (Å²) in [6, 6.07) is 6.06. The molecule has 0 amide bonds. The van der Waals surface area contributed by atoms with Gasteiger partial charge in [0.2, 0.25) is 0 Å². The molecule has 0 aliphatic rings. The summed E-state index contributed by atoms with van der Waals surface area (Å²) >= 11 is 0. The van der Waals surface area contributed by atoms with Crippen LogP contribution in [0.5, 0.6) is 11.5 Å². The highest BCUT2D eigenvalue weighted by molar-refractivity contribution is 5.79. The number of hydrogen-bond donors (Lipinski definition) is 2. The molecule has 8 nitrogen and oxygen atoms in total. The topological polar surface area (TPSA) is 85.6 Å². The van der Waals surface area contributed by atoms with Gasteiger partial charge >= 0.3 is 0 Å². The zero-order chi connectivity index (χ0) is 18.8. The number of nitrogens with zero attached hydrogens (tertiary/aromatic N) is 4. The van der Waals surface area contributed by atoms with Gasteiger partial charge in [-0.25, -0.2) is 0 Å². The summed E-state index contributed by atoms with van der Waals surface area (Å²) in [5.41, 5.74) is 1.17. The Kier molecular flexibility index (Phi) is 7.73. The van der Waals surface area contributed by atoms with E-state index in [4.69, 9.17) is 9.47 Å². The molecule has 1 aromatic carbocycles. The average molecular weight is 360 g/mol. The Morgan fingerprint density at radius 3 is 2.58 bits per heavy atom. The normalized spacial score (nSPS) is 11.3. The lowest BCUT2D eigenvalue weighted by Gasteiger charge is -2.14. The van der Waals surface area contributed by atoms with Gasteiger partial charge in [0.1, 0.15) is 6.33 Å². The molecule has 2 aromatic rings. The molecule has 2 rings (SSSR count). The van der Waals surface area contributed by atoms with Crippen molar-refractivity contribution in [3.8, 4) is 11.5 Å². The Hall–Kier alpha value is -2.77. The molecule has 1 aromatic heterocycles. The third kappa shape index (κ3) is 5.65. The Morgan fingerprint density at radius 1 is 1.15 bits per heavy atom. The molecule has 0 atom stereocenters. The van der Waals surface area contributed by atoms with Crippen molar-refractivity contribution in [2.75, 3.05) is 26.8 Å². The van der Waals surface area contributed by atoms with E-state index in [1.807, 2.05) is 37.6 Å². The quantitative estimate of drug-likeness (QED) is 0.521. The van der Waals surface area contributed by atoms with Crippen molar-refractivity contribution >= 4 is 5.96 Å². The molecule has 0 aliphatic heterocycles. The van der Waals surface area contributed by atoms with Crippen LogP contribution in [0.2, 0.25) is 0 Å². The molecule has 0 saturated carbocycles. The van der Waals surface area contributed by atoms with Crippen molar-refractivity contribution < 1.29 is 9.47 Å². The van der Waals surface area contributed by atoms with E-state index in [9.17, 15) is 0 Å². The molecule has 2 N–H and O–H groups in total. The van der Waals surface area contributed by atoms with E-state index in [-0.39, 0.29) is 0 Å². The van der Waals surface area contributed by atoms with Gasteiger partial charge in [0.15, 0.2) is 23.3 Å². The average Bonchev–Trinajstić information content (AvgIpc) is 3.05. The number of aliphatic imine (C=N–C) groups is 1. The molecular formula is C18H28N6O2. The van der Waals surface area contributed by atoms with Crippen molar-refractivity contribution in [1.29, 1.82) is 0 Å². The largest absolute Gasteiger partial charge is 0.490 e. The van der Waals surface area contributed by atoms with Gasteiger partial charge in [-0.05, 0) is 38.0 Å². The first-order chi connectivity index (χ1) is 12.7. The minimum Gasteiger partial charge on any atom is -0.490 e. The molecule has 0 radical (unpaired) electrons. The minimum atomic E-state index is 0.563. The van der Waals surface area contributed by atoms with Gasteiger partial charge in [-0.3, -0.25) is 4.99 Å². The fourth-order valence-electron chi connectivity index (χ4n) is 2.43. The van der Waals surface area contributed by atoms with Crippen LogP contribution in [0.3, 0.4) is 0 Å². The molecule has 0 fully saturated rings. The second kappa shape index (κ2) is 10.3. The molecule has 0 spiro atoms. The van der Waals surface area contributed by atoms with Crippen molar-refractivity contribution in [3.63, 3.8) is 0 Å². The summed E-state index contributed by atoms with van der Waals surface area (Å²) in [7, 11) is 3.66. The Balaban J connectivity index is 1.85. The van der Waals surface area contributed by atoms with Crippen LogP contribution >= 0.6 is 0 Å². The van der Waals surface area contributed by atoms with Gasteiger partial charge in [0.25, 0.3) is 0 Å². The second-order valence-corrected chi connectivity index (χ2v) is 5.61. The van der Waals surface area contributed by atoms with Crippen LogP contribution in [0.1, 0.15) is 25.2 Å². The zero-order valence-corrected chi connectivity index (χ0v) is 16.0. The lowest BCUT2D eigenvalue weighted by atomic mass is 10.1. The van der Waals surface area contributed by atoms with Crippen LogP contribution < -0.4 is 20.1 Å². The molecule has 1 heterocycles. The Morgan fingerprint density at radius 2 is 1.92 bits per heavy atom. The molecule has 0 saturated heterocycles. The number of hydrogen-bond acceptors (Lipinski definition) is 5.